The van der Waals surface area contributed by atoms with Crippen molar-refractivity contribution >= 4 is 46.2 Å². The van der Waals surface area contributed by atoms with Gasteiger partial charge in [0.1, 0.15) is 6.10 Å². The number of para-hydroxylation sites is 1. The molecule has 4 aromatic carbocycles. The number of hydrogen-bond donors (Lipinski definition) is 0. The molecule has 0 spiro atoms. The predicted octanol–water partition coefficient (Wildman–Crippen LogP) is 10.9. The topological polar surface area (TPSA) is 42.4 Å². The number of benzene rings is 4. The molecule has 45 heavy (non-hydrogen) atoms. The van der Waals surface area contributed by atoms with Crippen LogP contribution in [-0.4, -0.2) is 35.0 Å². The van der Waals surface area contributed by atoms with Gasteiger partial charge in [0, 0.05) is 23.7 Å². The maximum absolute atomic E-state index is 14.3. The van der Waals surface area contributed by atoms with Gasteiger partial charge in [-0.3, -0.25) is 9.88 Å². The van der Waals surface area contributed by atoms with E-state index in [0.29, 0.717) is 11.5 Å². The first kappa shape index (κ1) is 31.2. The molecule has 0 aliphatic carbocycles. The summed E-state index contributed by atoms with van der Waals surface area (Å²) in [5, 5.41) is 5.04. The van der Waals surface area contributed by atoms with E-state index in [0.717, 1.165) is 63.4 Å². The average Bonchev–Trinajstić information content (AvgIpc) is 3.00. The van der Waals surface area contributed by atoms with E-state index in [4.69, 9.17) is 4.74 Å². The fourth-order valence-electron chi connectivity index (χ4n) is 7.08. The second-order valence-electron chi connectivity index (χ2n) is 11.9. The molecular formula is C34H32F6N2O2P-. The Labute approximate surface area is 256 Å². The quantitative estimate of drug-likeness (QED) is 0.0826. The van der Waals surface area contributed by atoms with Gasteiger partial charge in [0.05, 0.1) is 17.1 Å². The summed E-state index contributed by atoms with van der Waals surface area (Å²) in [4.78, 5) is 21.5. The zero-order valence-electron chi connectivity index (χ0n) is 24.4. The molecule has 11 heteroatoms. The number of hydrogen-bond acceptors (Lipinski definition) is 4. The zero-order valence-corrected chi connectivity index (χ0v) is 25.3. The molecule has 0 radical (unpaired) electrons. The summed E-state index contributed by atoms with van der Waals surface area (Å²) in [5.74, 6) is 1.16. The number of halogens is 6. The molecule has 4 unspecified atom stereocenters. The number of pyridine rings is 1. The Morgan fingerprint density at radius 1 is 0.889 bits per heavy atom. The first-order valence-corrected chi connectivity index (χ1v) is 16.9. The number of nitrogens with zero attached hydrogens (tertiary/aromatic N) is 2. The van der Waals surface area contributed by atoms with E-state index in [2.05, 4.69) is 47.1 Å². The molecule has 3 aliphatic heterocycles. The molecule has 1 aromatic heterocycles. The molecule has 8 rings (SSSR count). The van der Waals surface area contributed by atoms with E-state index in [1.165, 1.54) is 12.8 Å². The summed E-state index contributed by atoms with van der Waals surface area (Å²) < 4.78 is 65.9. The van der Waals surface area contributed by atoms with Crippen molar-refractivity contribution in [3.05, 3.63) is 102 Å². The third-order valence-electron chi connectivity index (χ3n) is 9.01. The third-order valence-corrected chi connectivity index (χ3v) is 9.01. The van der Waals surface area contributed by atoms with E-state index in [1.807, 2.05) is 60.8 Å². The van der Waals surface area contributed by atoms with Crippen LogP contribution in [0.1, 0.15) is 48.2 Å². The van der Waals surface area contributed by atoms with Gasteiger partial charge in [0.25, 0.3) is 0 Å². The minimum atomic E-state index is -10.7. The Hall–Kier alpha value is -3.75. The van der Waals surface area contributed by atoms with E-state index in [1.54, 1.807) is 0 Å². The number of carbonyl (C=O) groups excluding carboxylic acids is 1. The molecule has 2 bridgehead atoms. The monoisotopic (exact) mass is 645 g/mol. The van der Waals surface area contributed by atoms with Crippen molar-refractivity contribution in [2.24, 2.45) is 11.8 Å². The van der Waals surface area contributed by atoms with Crippen molar-refractivity contribution in [3.63, 3.8) is 0 Å². The van der Waals surface area contributed by atoms with Gasteiger partial charge < -0.3 is 4.74 Å². The Balaban J connectivity index is 0.000000460. The van der Waals surface area contributed by atoms with Crippen LogP contribution in [0.4, 0.5) is 25.2 Å². The van der Waals surface area contributed by atoms with Gasteiger partial charge in [-0.1, -0.05) is 80.1 Å². The number of carbonyl (C=O) groups is 1. The van der Waals surface area contributed by atoms with Crippen LogP contribution >= 0.6 is 7.81 Å². The minimum absolute atomic E-state index is 0.160. The molecule has 0 N–H and O–H groups in total. The van der Waals surface area contributed by atoms with Crippen LogP contribution in [-0.2, 0) is 4.74 Å². The summed E-state index contributed by atoms with van der Waals surface area (Å²) >= 11 is 0. The van der Waals surface area contributed by atoms with Crippen molar-refractivity contribution in [1.82, 2.24) is 9.88 Å². The number of esters is 1. The van der Waals surface area contributed by atoms with Crippen LogP contribution in [0.5, 0.6) is 0 Å². The summed E-state index contributed by atoms with van der Waals surface area (Å²) in [6.07, 6.45) is 4.99. The van der Waals surface area contributed by atoms with Crippen LogP contribution < -0.4 is 0 Å². The van der Waals surface area contributed by atoms with Crippen molar-refractivity contribution in [1.29, 1.82) is 0 Å². The van der Waals surface area contributed by atoms with E-state index < -0.39 is 7.81 Å². The van der Waals surface area contributed by atoms with E-state index in [9.17, 15) is 30.0 Å². The van der Waals surface area contributed by atoms with E-state index >= 15 is 0 Å². The zero-order chi connectivity index (χ0) is 32.0. The van der Waals surface area contributed by atoms with Gasteiger partial charge in [-0.25, -0.2) is 4.79 Å². The van der Waals surface area contributed by atoms with Gasteiger partial charge in [-0.2, -0.15) is 0 Å². The Bertz CT molecular complexity index is 1830. The molecule has 0 saturated carbocycles. The van der Waals surface area contributed by atoms with Gasteiger partial charge in [-0.05, 0) is 71.0 Å². The van der Waals surface area contributed by atoms with Gasteiger partial charge >= 0.3 is 39.0 Å². The second-order valence-corrected chi connectivity index (χ2v) is 13.8. The summed E-state index contributed by atoms with van der Waals surface area (Å²) in [6.45, 7) is 4.46. The normalized spacial score (nSPS) is 23.5. The molecule has 4 nitrogen and oxygen atoms in total. The van der Waals surface area contributed by atoms with Crippen LogP contribution in [0, 0.1) is 11.8 Å². The van der Waals surface area contributed by atoms with Crippen LogP contribution in [0.15, 0.2) is 91.1 Å². The molecule has 3 aliphatic rings. The van der Waals surface area contributed by atoms with Crippen molar-refractivity contribution in [3.8, 4) is 0 Å². The number of fused-ring (bicyclic) bond motifs is 6. The SMILES string of the molecule is CCC1CN2CCC1CC2[C@H](OC(=O)c1c2ccccc2cc2ccccc12)c1ccnc2ccccc12.F[P-](F)(F)(F)(F)F. The first-order chi connectivity index (χ1) is 21.2. The Morgan fingerprint density at radius 2 is 1.47 bits per heavy atom. The van der Waals surface area contributed by atoms with Crippen molar-refractivity contribution in [2.45, 2.75) is 38.3 Å². The van der Waals surface area contributed by atoms with Crippen molar-refractivity contribution < 1.29 is 34.7 Å². The molecule has 3 fully saturated rings. The molecule has 5 atom stereocenters. The fourth-order valence-corrected chi connectivity index (χ4v) is 7.08. The van der Waals surface area contributed by atoms with Gasteiger partial charge in [0.15, 0.2) is 0 Å². The molecule has 238 valence electrons. The summed E-state index contributed by atoms with van der Waals surface area (Å²) in [7, 11) is -10.7. The van der Waals surface area contributed by atoms with Crippen LogP contribution in [0.25, 0.3) is 32.4 Å². The van der Waals surface area contributed by atoms with Crippen LogP contribution in [0.2, 0.25) is 0 Å². The summed E-state index contributed by atoms with van der Waals surface area (Å²) in [5.41, 5.74) is 2.65. The number of aromatic nitrogens is 1. The number of rotatable bonds is 5. The molecule has 3 saturated heterocycles. The Morgan fingerprint density at radius 3 is 2.04 bits per heavy atom. The van der Waals surface area contributed by atoms with Gasteiger partial charge in [0.2, 0.25) is 0 Å². The molecule has 0 amide bonds. The average molecular weight is 646 g/mol. The third kappa shape index (κ3) is 7.23. The number of ether oxygens (including phenoxy) is 1. The second kappa shape index (κ2) is 11.0. The predicted molar refractivity (Wildman–Crippen MR) is 167 cm³/mol. The van der Waals surface area contributed by atoms with E-state index in [-0.39, 0.29) is 18.1 Å². The van der Waals surface area contributed by atoms with Crippen molar-refractivity contribution in [2.75, 3.05) is 13.1 Å². The standard InChI is InChI=1S/C34H32N2O2.F6P/c1-2-22-21-36-18-16-23(22)20-31(36)33(29-15-17-35-30-14-8-7-13-28(29)30)38-34(37)32-26-11-5-3-9-24(26)19-25-10-4-6-12-27(25)32;1-7(2,3,4,5)6/h3-15,17,19,22-23,31,33H,2,16,18,20-21H2,1H3;/q;-1/t22?,23?,31?,33-;/m1./s1. The maximum atomic E-state index is 14.3. The Kier molecular flexibility index (Phi) is 7.60. The molecule has 4 heterocycles. The first-order valence-electron chi connectivity index (χ1n) is 14.9. The van der Waals surface area contributed by atoms with Gasteiger partial charge in [-0.15, -0.1) is 0 Å². The summed E-state index contributed by atoms with van der Waals surface area (Å²) in [6, 6.07) is 28.8. The molecule has 5 aromatic rings. The molecular weight excluding hydrogens is 613 g/mol. The van der Waals surface area contributed by atoms with Crippen LogP contribution in [0.3, 0.4) is 0 Å². The number of piperidine rings is 3. The fraction of sp³-hybridized carbons (Fsp3) is 0.294.